The molecule has 0 unspecified atom stereocenters. The maximum atomic E-state index is 12.6. The third-order valence-corrected chi connectivity index (χ3v) is 6.57. The summed E-state index contributed by atoms with van der Waals surface area (Å²) in [5.41, 5.74) is 2.07. The number of aromatic nitrogens is 3. The smallest absolute Gasteiger partial charge is 0.406 e. The Bertz CT molecular complexity index is 1170. The molecule has 1 aliphatic carbocycles. The zero-order valence-electron chi connectivity index (χ0n) is 15.9. The van der Waals surface area contributed by atoms with Crippen molar-refractivity contribution in [2.45, 2.75) is 36.9 Å². The van der Waals surface area contributed by atoms with E-state index >= 15 is 0 Å². The predicted molar refractivity (Wildman–Crippen MR) is 103 cm³/mol. The number of hydrogen-bond acceptors (Lipinski definition) is 5. The van der Waals surface area contributed by atoms with Crippen molar-refractivity contribution in [2.75, 3.05) is 5.75 Å². The molecule has 0 spiro atoms. The van der Waals surface area contributed by atoms with E-state index in [2.05, 4.69) is 14.7 Å². The number of hydrogen-bond donors (Lipinski definition) is 0. The Morgan fingerprint density at radius 3 is 2.47 bits per heavy atom. The Morgan fingerprint density at radius 2 is 1.87 bits per heavy atom. The molecule has 30 heavy (non-hydrogen) atoms. The number of imidazole rings is 1. The number of sulfone groups is 1. The lowest BCUT2D eigenvalue weighted by Gasteiger charge is -2.10. The Labute approximate surface area is 171 Å². The monoisotopic (exact) mass is 437 g/mol. The van der Waals surface area contributed by atoms with Gasteiger partial charge >= 0.3 is 6.36 Å². The summed E-state index contributed by atoms with van der Waals surface area (Å²) in [6.07, 6.45) is 2.01. The molecule has 0 aliphatic heterocycles. The summed E-state index contributed by atoms with van der Waals surface area (Å²) in [4.78, 5) is 8.80. The fourth-order valence-corrected chi connectivity index (χ4v) is 4.17. The van der Waals surface area contributed by atoms with Gasteiger partial charge in [-0.3, -0.25) is 4.98 Å². The lowest BCUT2D eigenvalue weighted by molar-refractivity contribution is -0.274. The molecule has 0 atom stereocenters. The normalized spacial score (nSPS) is 14.7. The SMILES string of the molecule is CCS(=O)(=O)c1cc(C2CC2)cnc1-c1cn(-c2ccc(OC(F)(F)F)cc2)cn1. The first-order valence-electron chi connectivity index (χ1n) is 9.29. The number of halogens is 3. The fourth-order valence-electron chi connectivity index (χ4n) is 3.09. The molecule has 10 heteroatoms. The second-order valence-corrected chi connectivity index (χ2v) is 9.25. The average Bonchev–Trinajstić information content (AvgIpc) is 3.44. The molecule has 0 amide bonds. The van der Waals surface area contributed by atoms with Gasteiger partial charge in [0, 0.05) is 18.1 Å². The van der Waals surface area contributed by atoms with E-state index in [9.17, 15) is 21.6 Å². The van der Waals surface area contributed by atoms with Crippen molar-refractivity contribution in [3.05, 3.63) is 54.6 Å². The Morgan fingerprint density at radius 1 is 1.17 bits per heavy atom. The summed E-state index contributed by atoms with van der Waals surface area (Å²) in [6, 6.07) is 6.96. The topological polar surface area (TPSA) is 74.1 Å². The van der Waals surface area contributed by atoms with E-state index in [0.717, 1.165) is 18.4 Å². The quantitative estimate of drug-likeness (QED) is 0.568. The maximum Gasteiger partial charge on any atom is 0.573 e. The van der Waals surface area contributed by atoms with Crippen LogP contribution in [0.4, 0.5) is 13.2 Å². The summed E-state index contributed by atoms with van der Waals surface area (Å²) >= 11 is 0. The van der Waals surface area contributed by atoms with Crippen LogP contribution in [0.15, 0.2) is 53.9 Å². The zero-order valence-corrected chi connectivity index (χ0v) is 16.7. The largest absolute Gasteiger partial charge is 0.573 e. The van der Waals surface area contributed by atoms with E-state index in [1.165, 1.54) is 30.6 Å². The minimum atomic E-state index is -4.76. The third-order valence-electron chi connectivity index (χ3n) is 4.83. The molecule has 6 nitrogen and oxygen atoms in total. The summed E-state index contributed by atoms with van der Waals surface area (Å²) in [6.45, 7) is 1.58. The Balaban J connectivity index is 1.67. The van der Waals surface area contributed by atoms with Crippen LogP contribution in [-0.2, 0) is 9.84 Å². The highest BCUT2D eigenvalue weighted by molar-refractivity contribution is 7.91. The maximum absolute atomic E-state index is 12.6. The third kappa shape index (κ3) is 4.33. The summed E-state index contributed by atoms with van der Waals surface area (Å²) in [5.74, 6) is -0.0374. The van der Waals surface area contributed by atoms with Gasteiger partial charge in [0.2, 0.25) is 0 Å². The lowest BCUT2D eigenvalue weighted by atomic mass is 10.1. The predicted octanol–water partition coefficient (Wildman–Crippen LogP) is 4.50. The second kappa shape index (κ2) is 7.42. The van der Waals surface area contributed by atoms with Gasteiger partial charge in [0.25, 0.3) is 0 Å². The Hall–Kier alpha value is -2.88. The van der Waals surface area contributed by atoms with Crippen LogP contribution < -0.4 is 4.74 Å². The molecule has 4 rings (SSSR count). The highest BCUT2D eigenvalue weighted by Gasteiger charge is 2.31. The molecule has 0 N–H and O–H groups in total. The van der Waals surface area contributed by atoms with Gasteiger partial charge in [0.05, 0.1) is 17.0 Å². The van der Waals surface area contributed by atoms with Crippen LogP contribution in [0.1, 0.15) is 31.2 Å². The zero-order chi connectivity index (χ0) is 21.5. The van der Waals surface area contributed by atoms with Gasteiger partial charge in [-0.25, -0.2) is 13.4 Å². The van der Waals surface area contributed by atoms with E-state index < -0.39 is 16.2 Å². The number of benzene rings is 1. The number of alkyl halides is 3. The summed E-state index contributed by atoms with van der Waals surface area (Å²) < 4.78 is 67.6. The van der Waals surface area contributed by atoms with Crippen LogP contribution in [0.25, 0.3) is 17.1 Å². The molecule has 1 aliphatic rings. The highest BCUT2D eigenvalue weighted by Crippen LogP contribution is 2.41. The molecule has 2 aromatic heterocycles. The minimum Gasteiger partial charge on any atom is -0.406 e. The van der Waals surface area contributed by atoms with Gasteiger partial charge in [-0.1, -0.05) is 6.92 Å². The van der Waals surface area contributed by atoms with Gasteiger partial charge in [-0.05, 0) is 54.7 Å². The van der Waals surface area contributed by atoms with Gasteiger partial charge in [0.1, 0.15) is 17.1 Å². The average molecular weight is 437 g/mol. The molecule has 0 saturated heterocycles. The molecule has 2 heterocycles. The van der Waals surface area contributed by atoms with Gasteiger partial charge in [0.15, 0.2) is 9.84 Å². The van der Waals surface area contributed by atoms with Crippen molar-refractivity contribution in [3.63, 3.8) is 0 Å². The van der Waals surface area contributed by atoms with E-state index in [0.29, 0.717) is 17.3 Å². The molecular formula is C20H18F3N3O3S. The Kier molecular flexibility index (Phi) is 5.05. The van der Waals surface area contributed by atoms with Crippen LogP contribution in [-0.4, -0.2) is 35.1 Å². The highest BCUT2D eigenvalue weighted by atomic mass is 32.2. The van der Waals surface area contributed by atoms with Crippen LogP contribution >= 0.6 is 0 Å². The summed E-state index contributed by atoms with van der Waals surface area (Å²) in [7, 11) is -3.52. The van der Waals surface area contributed by atoms with Gasteiger partial charge < -0.3 is 9.30 Å². The van der Waals surface area contributed by atoms with Crippen LogP contribution in [0, 0.1) is 0 Å². The van der Waals surface area contributed by atoms with Crippen molar-refractivity contribution in [2.24, 2.45) is 0 Å². The first-order valence-corrected chi connectivity index (χ1v) is 10.9. The first kappa shape index (κ1) is 20.4. The number of pyridine rings is 1. The molecule has 158 valence electrons. The fraction of sp³-hybridized carbons (Fsp3) is 0.300. The van der Waals surface area contributed by atoms with E-state index in [1.54, 1.807) is 30.0 Å². The van der Waals surface area contributed by atoms with Crippen molar-refractivity contribution in [1.29, 1.82) is 0 Å². The van der Waals surface area contributed by atoms with E-state index in [-0.39, 0.29) is 22.1 Å². The first-order chi connectivity index (χ1) is 14.2. The molecular weight excluding hydrogens is 419 g/mol. The molecule has 0 radical (unpaired) electrons. The van der Waals surface area contributed by atoms with Crippen molar-refractivity contribution < 1.29 is 26.3 Å². The van der Waals surface area contributed by atoms with Crippen LogP contribution in [0.2, 0.25) is 0 Å². The van der Waals surface area contributed by atoms with E-state index in [4.69, 9.17) is 0 Å². The standard InChI is InChI=1S/C20H18F3N3O3S/c1-2-30(27,28)18-9-14(13-3-4-13)10-24-19(18)17-11-26(12-25-17)15-5-7-16(8-6-15)29-20(21,22)23/h5-13H,2-4H2,1H3. The minimum absolute atomic E-state index is 0.0584. The van der Waals surface area contributed by atoms with Crippen LogP contribution in [0.3, 0.4) is 0 Å². The van der Waals surface area contributed by atoms with Crippen molar-refractivity contribution in [1.82, 2.24) is 14.5 Å². The molecule has 0 bridgehead atoms. The van der Waals surface area contributed by atoms with Crippen LogP contribution in [0.5, 0.6) is 5.75 Å². The molecule has 1 aromatic carbocycles. The molecule has 1 fully saturated rings. The summed E-state index contributed by atoms with van der Waals surface area (Å²) in [5, 5.41) is 0. The van der Waals surface area contributed by atoms with E-state index in [1.807, 2.05) is 0 Å². The molecule has 1 saturated carbocycles. The van der Waals surface area contributed by atoms with Gasteiger partial charge in [-0.2, -0.15) is 0 Å². The van der Waals surface area contributed by atoms with Gasteiger partial charge in [-0.15, -0.1) is 13.2 Å². The number of rotatable bonds is 6. The number of nitrogens with zero attached hydrogens (tertiary/aromatic N) is 3. The van der Waals surface area contributed by atoms with Crippen molar-refractivity contribution >= 4 is 9.84 Å². The second-order valence-electron chi connectivity index (χ2n) is 7.00. The molecule has 3 aromatic rings. The number of ether oxygens (including phenoxy) is 1. The lowest BCUT2D eigenvalue weighted by Crippen LogP contribution is -2.17. The van der Waals surface area contributed by atoms with Crippen molar-refractivity contribution in [3.8, 4) is 22.8 Å².